The van der Waals surface area contributed by atoms with Gasteiger partial charge in [0, 0.05) is 19.0 Å². The van der Waals surface area contributed by atoms with Crippen LogP contribution in [0.1, 0.15) is 12.8 Å². The molecule has 1 aromatic heterocycles. The van der Waals surface area contributed by atoms with E-state index < -0.39 is 0 Å². The summed E-state index contributed by atoms with van der Waals surface area (Å²) >= 11 is 12.1. The topological polar surface area (TPSA) is 71.3 Å². The Labute approximate surface area is 160 Å². The van der Waals surface area contributed by atoms with Crippen LogP contribution in [0.25, 0.3) is 11.5 Å². The molecule has 3 aromatic rings. The molecule has 1 amide bonds. The van der Waals surface area contributed by atoms with Crippen LogP contribution < -0.4 is 10.2 Å². The Morgan fingerprint density at radius 1 is 1.19 bits per heavy atom. The first-order valence-corrected chi connectivity index (χ1v) is 8.56. The molecule has 0 bridgehead atoms. The van der Waals surface area contributed by atoms with Crippen LogP contribution in [0, 0.1) is 0 Å². The summed E-state index contributed by atoms with van der Waals surface area (Å²) in [6, 6.07) is 12.5. The quantitative estimate of drug-likeness (QED) is 0.686. The lowest BCUT2D eigenvalue weighted by molar-refractivity contribution is -0.116. The molecule has 26 heavy (non-hydrogen) atoms. The minimum Gasteiger partial charge on any atom is -0.419 e. The summed E-state index contributed by atoms with van der Waals surface area (Å²) in [5.41, 5.74) is 2.17. The fourth-order valence-corrected chi connectivity index (χ4v) is 2.84. The van der Waals surface area contributed by atoms with E-state index >= 15 is 0 Å². The second-order valence-electron chi connectivity index (χ2n) is 5.57. The molecule has 2 aromatic carbocycles. The summed E-state index contributed by atoms with van der Waals surface area (Å²) in [5.74, 6) is 0.653. The van der Waals surface area contributed by atoms with Crippen molar-refractivity contribution in [2.75, 3.05) is 17.3 Å². The zero-order chi connectivity index (χ0) is 18.7. The maximum absolute atomic E-state index is 11.6. The van der Waals surface area contributed by atoms with E-state index in [0.29, 0.717) is 33.9 Å². The van der Waals surface area contributed by atoms with Crippen molar-refractivity contribution in [2.45, 2.75) is 13.5 Å². The summed E-state index contributed by atoms with van der Waals surface area (Å²) in [6.45, 7) is 1.82. The van der Waals surface area contributed by atoms with E-state index in [-0.39, 0.29) is 5.91 Å². The van der Waals surface area contributed by atoms with Crippen LogP contribution in [0.3, 0.4) is 0 Å². The van der Waals surface area contributed by atoms with Gasteiger partial charge in [-0.15, -0.1) is 10.2 Å². The molecule has 0 saturated heterocycles. The van der Waals surface area contributed by atoms with Crippen molar-refractivity contribution in [1.29, 1.82) is 0 Å². The maximum atomic E-state index is 11.6. The Hall–Kier alpha value is -2.57. The fraction of sp³-hybridized carbons (Fsp3) is 0.167. The van der Waals surface area contributed by atoms with Gasteiger partial charge in [-0.25, -0.2) is 0 Å². The molecule has 1 N–H and O–H groups in total. The summed E-state index contributed by atoms with van der Waals surface area (Å²) < 4.78 is 5.67. The predicted octanol–water partition coefficient (Wildman–Crippen LogP) is 4.64. The Morgan fingerprint density at radius 2 is 1.96 bits per heavy atom. The molecule has 0 aliphatic heterocycles. The van der Waals surface area contributed by atoms with E-state index in [1.165, 1.54) is 6.92 Å². The lowest BCUT2D eigenvalue weighted by atomic mass is 10.2. The van der Waals surface area contributed by atoms with Crippen molar-refractivity contribution >= 4 is 40.5 Å². The van der Waals surface area contributed by atoms with Crippen LogP contribution in [0.4, 0.5) is 11.4 Å². The Morgan fingerprint density at radius 3 is 2.69 bits per heavy atom. The summed E-state index contributed by atoms with van der Waals surface area (Å²) in [4.78, 5) is 13.2. The molecule has 0 aliphatic carbocycles. The second kappa shape index (κ2) is 7.76. The first-order chi connectivity index (χ1) is 12.5. The van der Waals surface area contributed by atoms with Crippen LogP contribution in [0.15, 0.2) is 46.9 Å². The van der Waals surface area contributed by atoms with Crippen LogP contribution >= 0.6 is 23.2 Å². The smallest absolute Gasteiger partial charge is 0.249 e. The highest BCUT2D eigenvalue weighted by atomic mass is 35.5. The first kappa shape index (κ1) is 18.2. The number of nitrogens with one attached hydrogen (secondary N) is 1. The van der Waals surface area contributed by atoms with Gasteiger partial charge in [0.25, 0.3) is 0 Å². The molecule has 0 radical (unpaired) electrons. The molecule has 8 heteroatoms. The molecule has 0 atom stereocenters. The van der Waals surface area contributed by atoms with E-state index in [1.807, 2.05) is 24.3 Å². The Balaban J connectivity index is 1.76. The molecule has 3 rings (SSSR count). The SMILES string of the molecule is CC(=O)N(C)c1ccccc1NCc1nnc(-c2ccc(Cl)cc2Cl)o1. The van der Waals surface area contributed by atoms with Crippen LogP contribution in [0.2, 0.25) is 10.0 Å². The molecule has 1 heterocycles. The minimum absolute atomic E-state index is 0.0586. The highest BCUT2D eigenvalue weighted by Crippen LogP contribution is 2.30. The van der Waals surface area contributed by atoms with E-state index in [2.05, 4.69) is 15.5 Å². The standard InChI is InChI=1S/C18H16Cl2N4O2/c1-11(25)24(2)16-6-4-3-5-15(16)21-10-17-22-23-18(26-17)13-8-7-12(19)9-14(13)20/h3-9,21H,10H2,1-2H3. The van der Waals surface area contributed by atoms with Gasteiger partial charge < -0.3 is 14.6 Å². The van der Waals surface area contributed by atoms with Crippen molar-refractivity contribution in [2.24, 2.45) is 0 Å². The van der Waals surface area contributed by atoms with E-state index in [0.717, 1.165) is 11.4 Å². The number of halogens is 2. The maximum Gasteiger partial charge on any atom is 0.249 e. The largest absolute Gasteiger partial charge is 0.419 e. The molecular formula is C18H16Cl2N4O2. The molecule has 134 valence electrons. The van der Waals surface area contributed by atoms with E-state index in [9.17, 15) is 4.79 Å². The zero-order valence-corrected chi connectivity index (χ0v) is 15.7. The molecule has 0 saturated carbocycles. The number of amides is 1. The number of para-hydroxylation sites is 2. The van der Waals surface area contributed by atoms with Crippen LogP contribution in [0.5, 0.6) is 0 Å². The third-order valence-electron chi connectivity index (χ3n) is 3.80. The average Bonchev–Trinajstić information content (AvgIpc) is 3.08. The lowest BCUT2D eigenvalue weighted by Gasteiger charge is -2.19. The molecule has 0 spiro atoms. The number of benzene rings is 2. The molecule has 6 nitrogen and oxygen atoms in total. The predicted molar refractivity (Wildman–Crippen MR) is 103 cm³/mol. The summed E-state index contributed by atoms with van der Waals surface area (Å²) in [6.07, 6.45) is 0. The van der Waals surface area contributed by atoms with Crippen molar-refractivity contribution in [3.05, 3.63) is 58.4 Å². The van der Waals surface area contributed by atoms with Crippen molar-refractivity contribution < 1.29 is 9.21 Å². The Bertz CT molecular complexity index is 942. The number of nitrogens with zero attached hydrogens (tertiary/aromatic N) is 3. The second-order valence-corrected chi connectivity index (χ2v) is 6.42. The number of aromatic nitrogens is 2. The van der Waals surface area contributed by atoms with E-state index in [1.54, 1.807) is 30.1 Å². The van der Waals surface area contributed by atoms with E-state index in [4.69, 9.17) is 27.6 Å². The monoisotopic (exact) mass is 390 g/mol. The van der Waals surface area contributed by atoms with Gasteiger partial charge in [0.05, 0.1) is 28.5 Å². The van der Waals surface area contributed by atoms with Gasteiger partial charge in [-0.1, -0.05) is 35.3 Å². The number of rotatable bonds is 5. The van der Waals surface area contributed by atoms with Gasteiger partial charge in [0.1, 0.15) is 0 Å². The van der Waals surface area contributed by atoms with Crippen LogP contribution in [-0.2, 0) is 11.3 Å². The molecule has 0 aliphatic rings. The fourth-order valence-electron chi connectivity index (χ4n) is 2.35. The normalized spacial score (nSPS) is 10.6. The highest BCUT2D eigenvalue weighted by Gasteiger charge is 2.14. The van der Waals surface area contributed by atoms with Gasteiger partial charge in [0.2, 0.25) is 17.7 Å². The third kappa shape index (κ3) is 3.98. The molecule has 0 unspecified atom stereocenters. The summed E-state index contributed by atoms with van der Waals surface area (Å²) in [5, 5.41) is 12.2. The minimum atomic E-state index is -0.0586. The van der Waals surface area contributed by atoms with Crippen molar-refractivity contribution in [3.63, 3.8) is 0 Å². The van der Waals surface area contributed by atoms with Gasteiger partial charge in [-0.3, -0.25) is 4.79 Å². The first-order valence-electron chi connectivity index (χ1n) is 7.80. The van der Waals surface area contributed by atoms with Gasteiger partial charge in [0.15, 0.2) is 0 Å². The number of anilines is 2. The number of carbonyl (C=O) groups is 1. The molecular weight excluding hydrogens is 375 g/mol. The third-order valence-corrected chi connectivity index (χ3v) is 4.34. The van der Waals surface area contributed by atoms with Crippen molar-refractivity contribution in [3.8, 4) is 11.5 Å². The molecule has 0 fully saturated rings. The summed E-state index contributed by atoms with van der Waals surface area (Å²) in [7, 11) is 1.72. The Kier molecular flexibility index (Phi) is 5.44. The lowest BCUT2D eigenvalue weighted by Crippen LogP contribution is -2.23. The van der Waals surface area contributed by atoms with Gasteiger partial charge in [-0.2, -0.15) is 0 Å². The van der Waals surface area contributed by atoms with Gasteiger partial charge >= 0.3 is 0 Å². The van der Waals surface area contributed by atoms with Gasteiger partial charge in [-0.05, 0) is 30.3 Å². The highest BCUT2D eigenvalue weighted by molar-refractivity contribution is 6.36. The van der Waals surface area contributed by atoms with Crippen molar-refractivity contribution in [1.82, 2.24) is 10.2 Å². The zero-order valence-electron chi connectivity index (χ0n) is 14.2. The van der Waals surface area contributed by atoms with Crippen LogP contribution in [-0.4, -0.2) is 23.2 Å². The number of hydrogen-bond donors (Lipinski definition) is 1. The average molecular weight is 391 g/mol. The number of hydrogen-bond acceptors (Lipinski definition) is 5. The number of carbonyl (C=O) groups excluding carboxylic acids is 1.